The summed E-state index contributed by atoms with van der Waals surface area (Å²) in [6, 6.07) is 23.8. The molecule has 0 atom stereocenters. The molecule has 0 saturated heterocycles. The monoisotopic (exact) mass is 524 g/mol. The van der Waals surface area contributed by atoms with Crippen LogP contribution in [-0.4, -0.2) is 50.5 Å². The molecule has 1 aliphatic rings. The van der Waals surface area contributed by atoms with Gasteiger partial charge in [-0.15, -0.1) is 5.10 Å². The Kier molecular flexibility index (Phi) is 6.92. The summed E-state index contributed by atoms with van der Waals surface area (Å²) in [5, 5.41) is 13.4. The van der Waals surface area contributed by atoms with Gasteiger partial charge in [0.25, 0.3) is 5.56 Å². The zero-order chi connectivity index (χ0) is 26.6. The number of ether oxygens (including phenoxy) is 3. The lowest BCUT2D eigenvalue weighted by Gasteiger charge is -2.22. The van der Waals surface area contributed by atoms with Gasteiger partial charge in [0, 0.05) is 30.1 Å². The number of hydrogen-bond acceptors (Lipinski definition) is 8. The average molecular weight is 525 g/mol. The maximum absolute atomic E-state index is 13.1. The molecule has 1 aliphatic heterocycles. The van der Waals surface area contributed by atoms with Gasteiger partial charge >= 0.3 is 0 Å². The standard InChI is InChI=1S/C29H28N6O4/c1-37-24-9-7-21(8-10-24)16-35-28(31-32-33-35)18-34(12-11-20-5-3-2-4-6-20)17-23-13-22-14-26-27(39-19-38-26)15-25(22)30-29(23)36/h2-10,13-15H,11-12,16-19H2,1H3,(H,30,36). The van der Waals surface area contributed by atoms with Crippen LogP contribution in [0.25, 0.3) is 10.9 Å². The van der Waals surface area contributed by atoms with E-state index < -0.39 is 0 Å². The molecule has 1 N–H and O–H groups in total. The van der Waals surface area contributed by atoms with Crippen molar-refractivity contribution in [3.63, 3.8) is 0 Å². The summed E-state index contributed by atoms with van der Waals surface area (Å²) in [7, 11) is 1.65. The Morgan fingerprint density at radius 2 is 1.77 bits per heavy atom. The molecule has 2 aromatic heterocycles. The fourth-order valence-corrected chi connectivity index (χ4v) is 4.71. The highest BCUT2D eigenvalue weighted by Gasteiger charge is 2.18. The largest absolute Gasteiger partial charge is 0.497 e. The van der Waals surface area contributed by atoms with E-state index in [1.54, 1.807) is 11.8 Å². The van der Waals surface area contributed by atoms with E-state index in [4.69, 9.17) is 14.2 Å². The first kappa shape index (κ1) is 24.6. The topological polar surface area (TPSA) is 107 Å². The molecule has 198 valence electrons. The summed E-state index contributed by atoms with van der Waals surface area (Å²) in [5.74, 6) is 2.84. The zero-order valence-corrected chi connectivity index (χ0v) is 21.5. The number of tetrazole rings is 1. The number of rotatable bonds is 10. The van der Waals surface area contributed by atoms with Crippen LogP contribution < -0.4 is 19.8 Å². The molecule has 6 rings (SSSR count). The van der Waals surface area contributed by atoms with Crippen LogP contribution >= 0.6 is 0 Å². The molecule has 0 unspecified atom stereocenters. The summed E-state index contributed by atoms with van der Waals surface area (Å²) in [4.78, 5) is 18.3. The maximum Gasteiger partial charge on any atom is 0.252 e. The van der Waals surface area contributed by atoms with Crippen LogP contribution in [0.1, 0.15) is 22.5 Å². The molecule has 3 heterocycles. The molecule has 0 spiro atoms. The second-order valence-electron chi connectivity index (χ2n) is 9.46. The van der Waals surface area contributed by atoms with Crippen molar-refractivity contribution in [1.29, 1.82) is 0 Å². The lowest BCUT2D eigenvalue weighted by Crippen LogP contribution is -2.30. The van der Waals surface area contributed by atoms with E-state index in [1.807, 2.05) is 60.7 Å². The van der Waals surface area contributed by atoms with E-state index >= 15 is 0 Å². The Balaban J connectivity index is 1.26. The molecular weight excluding hydrogens is 496 g/mol. The van der Waals surface area contributed by atoms with Gasteiger partial charge < -0.3 is 19.2 Å². The minimum Gasteiger partial charge on any atom is -0.497 e. The predicted octanol–water partition coefficient (Wildman–Crippen LogP) is 3.55. The Morgan fingerprint density at radius 1 is 0.974 bits per heavy atom. The number of nitrogens with zero attached hydrogens (tertiary/aromatic N) is 5. The number of H-pyrrole nitrogens is 1. The number of aromatic amines is 1. The van der Waals surface area contributed by atoms with E-state index in [0.29, 0.717) is 42.2 Å². The Hall–Kier alpha value is -4.70. The highest BCUT2D eigenvalue weighted by atomic mass is 16.7. The van der Waals surface area contributed by atoms with Crippen molar-refractivity contribution >= 4 is 10.9 Å². The summed E-state index contributed by atoms with van der Waals surface area (Å²) >= 11 is 0. The first-order valence-corrected chi connectivity index (χ1v) is 12.7. The first-order valence-electron chi connectivity index (χ1n) is 12.7. The molecular formula is C29H28N6O4. The molecule has 3 aromatic carbocycles. The van der Waals surface area contributed by atoms with Crippen LogP contribution in [0.4, 0.5) is 0 Å². The summed E-state index contributed by atoms with van der Waals surface area (Å²) in [6.45, 7) is 2.35. The van der Waals surface area contributed by atoms with Crippen LogP contribution in [-0.2, 0) is 26.1 Å². The first-order chi connectivity index (χ1) is 19.1. The van der Waals surface area contributed by atoms with Crippen LogP contribution in [0.15, 0.2) is 77.6 Å². The van der Waals surface area contributed by atoms with E-state index in [-0.39, 0.29) is 12.4 Å². The van der Waals surface area contributed by atoms with Crippen LogP contribution in [0.2, 0.25) is 0 Å². The van der Waals surface area contributed by atoms with Crippen molar-refractivity contribution in [3.05, 3.63) is 106 Å². The van der Waals surface area contributed by atoms with Gasteiger partial charge in [-0.05, 0) is 52.2 Å². The van der Waals surface area contributed by atoms with Gasteiger partial charge in [0.05, 0.1) is 25.7 Å². The van der Waals surface area contributed by atoms with Gasteiger partial charge in [0.2, 0.25) is 6.79 Å². The van der Waals surface area contributed by atoms with Crippen LogP contribution in [0.3, 0.4) is 0 Å². The lowest BCUT2D eigenvalue weighted by atomic mass is 10.1. The summed E-state index contributed by atoms with van der Waals surface area (Å²) in [6.07, 6.45) is 0.824. The Bertz CT molecular complexity index is 1630. The van der Waals surface area contributed by atoms with Gasteiger partial charge in [0.15, 0.2) is 17.3 Å². The SMILES string of the molecule is COc1ccc(Cn2nnnc2CN(CCc2ccccc2)Cc2cc3cc4c(cc3[nH]c2=O)OCO4)cc1. The van der Waals surface area contributed by atoms with Gasteiger partial charge in [0.1, 0.15) is 5.75 Å². The number of pyridine rings is 1. The molecule has 0 aliphatic carbocycles. The van der Waals surface area contributed by atoms with Crippen molar-refractivity contribution < 1.29 is 14.2 Å². The highest BCUT2D eigenvalue weighted by Crippen LogP contribution is 2.35. The number of benzene rings is 3. The molecule has 0 radical (unpaired) electrons. The predicted molar refractivity (Wildman–Crippen MR) is 145 cm³/mol. The average Bonchev–Trinajstić information content (AvgIpc) is 3.60. The second-order valence-corrected chi connectivity index (χ2v) is 9.46. The molecule has 0 amide bonds. The molecule has 0 bridgehead atoms. The van der Waals surface area contributed by atoms with Crippen molar-refractivity contribution in [2.24, 2.45) is 0 Å². The fourth-order valence-electron chi connectivity index (χ4n) is 4.71. The molecule has 0 fully saturated rings. The number of aromatic nitrogens is 5. The van der Waals surface area contributed by atoms with Gasteiger partial charge in [-0.25, -0.2) is 4.68 Å². The third kappa shape index (κ3) is 5.60. The summed E-state index contributed by atoms with van der Waals surface area (Å²) in [5.41, 5.74) is 3.52. The van der Waals surface area contributed by atoms with E-state index in [0.717, 1.165) is 35.5 Å². The van der Waals surface area contributed by atoms with Gasteiger partial charge in [-0.2, -0.15) is 0 Å². The summed E-state index contributed by atoms with van der Waals surface area (Å²) < 4.78 is 18.1. The molecule has 10 heteroatoms. The third-order valence-corrected chi connectivity index (χ3v) is 6.83. The number of hydrogen-bond donors (Lipinski definition) is 1. The Labute approximate surface area is 224 Å². The normalized spacial score (nSPS) is 12.4. The van der Waals surface area contributed by atoms with Crippen LogP contribution in [0, 0.1) is 0 Å². The molecule has 5 aromatic rings. The third-order valence-electron chi connectivity index (χ3n) is 6.83. The number of fused-ring (bicyclic) bond motifs is 2. The van der Waals surface area contributed by atoms with Gasteiger partial charge in [-0.1, -0.05) is 42.5 Å². The molecule has 10 nitrogen and oxygen atoms in total. The van der Waals surface area contributed by atoms with Crippen molar-refractivity contribution in [1.82, 2.24) is 30.1 Å². The number of methoxy groups -OCH3 is 1. The smallest absolute Gasteiger partial charge is 0.252 e. The minimum atomic E-state index is -0.135. The highest BCUT2D eigenvalue weighted by molar-refractivity contribution is 5.83. The van der Waals surface area contributed by atoms with Crippen molar-refractivity contribution in [2.45, 2.75) is 26.1 Å². The van der Waals surface area contributed by atoms with E-state index in [2.05, 4.69) is 37.5 Å². The number of nitrogens with one attached hydrogen (secondary N) is 1. The Morgan fingerprint density at radius 3 is 2.56 bits per heavy atom. The van der Waals surface area contributed by atoms with E-state index in [9.17, 15) is 4.79 Å². The molecule has 39 heavy (non-hydrogen) atoms. The zero-order valence-electron chi connectivity index (χ0n) is 21.5. The van der Waals surface area contributed by atoms with E-state index in [1.165, 1.54) is 5.56 Å². The van der Waals surface area contributed by atoms with Gasteiger partial charge in [-0.3, -0.25) is 9.69 Å². The second kappa shape index (κ2) is 11.0. The fraction of sp³-hybridized carbons (Fsp3) is 0.241. The molecule has 0 saturated carbocycles. The quantitative estimate of drug-likeness (QED) is 0.296. The lowest BCUT2D eigenvalue weighted by molar-refractivity contribution is 0.174. The maximum atomic E-state index is 13.1. The van der Waals surface area contributed by atoms with Crippen molar-refractivity contribution in [2.75, 3.05) is 20.4 Å². The van der Waals surface area contributed by atoms with Crippen molar-refractivity contribution in [3.8, 4) is 17.2 Å². The van der Waals surface area contributed by atoms with Crippen LogP contribution in [0.5, 0.6) is 17.2 Å². The minimum absolute atomic E-state index is 0.135.